The standard InChI is InChI=1S/C28H33FN2O4/c1-17-12-25(34-3)23(22-8-10-30-26(17)22)15-31-11-9-21(35-16-20-14-28(20,2)29)13-24(31)18-4-6-19(7-5-18)27(32)33/h4-8,10,12,20-21,24,30H,9,11,13-16H2,1-3H3,(H,32,33)/t20?,21-,24-,28?/m1/s1. The summed E-state index contributed by atoms with van der Waals surface area (Å²) in [6.07, 6.45) is 4.21. The van der Waals surface area contributed by atoms with Crippen molar-refractivity contribution in [3.8, 4) is 5.75 Å². The molecule has 2 fully saturated rings. The van der Waals surface area contributed by atoms with Gasteiger partial charge >= 0.3 is 5.97 Å². The largest absolute Gasteiger partial charge is 0.496 e. The number of aryl methyl sites for hydroxylation is 1. The first kappa shape index (κ1) is 23.8. The van der Waals surface area contributed by atoms with Crippen LogP contribution in [-0.2, 0) is 11.3 Å². The first-order valence-electron chi connectivity index (χ1n) is 12.3. The lowest BCUT2D eigenvalue weighted by Gasteiger charge is -2.40. The number of aromatic carboxylic acids is 1. The number of carbonyl (C=O) groups is 1. The number of likely N-dealkylation sites (tertiary alicyclic amines) is 1. The van der Waals surface area contributed by atoms with Gasteiger partial charge in [0.2, 0.25) is 0 Å². The van der Waals surface area contributed by atoms with E-state index in [-0.39, 0.29) is 23.6 Å². The Kier molecular flexibility index (Phi) is 6.32. The maximum Gasteiger partial charge on any atom is 0.335 e. The fourth-order valence-corrected chi connectivity index (χ4v) is 5.41. The molecule has 2 unspecified atom stereocenters. The van der Waals surface area contributed by atoms with Gasteiger partial charge < -0.3 is 19.6 Å². The van der Waals surface area contributed by atoms with E-state index in [0.29, 0.717) is 19.6 Å². The zero-order valence-corrected chi connectivity index (χ0v) is 20.5. The predicted octanol–water partition coefficient (Wildman–Crippen LogP) is 5.65. The van der Waals surface area contributed by atoms with Gasteiger partial charge in [-0.25, -0.2) is 9.18 Å². The second kappa shape index (κ2) is 9.28. The number of nitrogens with one attached hydrogen (secondary N) is 1. The van der Waals surface area contributed by atoms with E-state index in [1.165, 1.54) is 0 Å². The summed E-state index contributed by atoms with van der Waals surface area (Å²) in [5.41, 5.74) is 3.62. The fraction of sp³-hybridized carbons (Fsp3) is 0.464. The van der Waals surface area contributed by atoms with Crippen LogP contribution in [-0.4, -0.2) is 53.0 Å². The third-order valence-corrected chi connectivity index (χ3v) is 7.77. The molecule has 35 heavy (non-hydrogen) atoms. The Morgan fingerprint density at radius 1 is 1.29 bits per heavy atom. The first-order valence-corrected chi connectivity index (χ1v) is 12.3. The van der Waals surface area contributed by atoms with Crippen molar-refractivity contribution < 1.29 is 23.8 Å². The molecule has 1 aromatic heterocycles. The van der Waals surface area contributed by atoms with Gasteiger partial charge in [0.1, 0.15) is 11.4 Å². The molecule has 1 aliphatic carbocycles. The second-order valence-electron chi connectivity index (χ2n) is 10.2. The van der Waals surface area contributed by atoms with Gasteiger partial charge in [-0.15, -0.1) is 0 Å². The number of benzene rings is 2. The van der Waals surface area contributed by atoms with Crippen LogP contribution in [0.5, 0.6) is 5.75 Å². The first-order chi connectivity index (χ1) is 16.8. The molecule has 4 atom stereocenters. The quantitative estimate of drug-likeness (QED) is 0.436. The molecule has 2 aliphatic rings. The van der Waals surface area contributed by atoms with E-state index >= 15 is 0 Å². The number of carboxylic acid groups (broad SMARTS) is 1. The topological polar surface area (TPSA) is 74.8 Å². The number of aromatic nitrogens is 1. The molecule has 0 spiro atoms. The highest BCUT2D eigenvalue weighted by atomic mass is 19.1. The van der Waals surface area contributed by atoms with Crippen molar-refractivity contribution in [2.45, 2.75) is 57.5 Å². The van der Waals surface area contributed by atoms with Crippen molar-refractivity contribution in [3.63, 3.8) is 0 Å². The number of fused-ring (bicyclic) bond motifs is 1. The van der Waals surface area contributed by atoms with Crippen LogP contribution in [0.1, 0.15) is 59.3 Å². The Bertz CT molecular complexity index is 1220. The van der Waals surface area contributed by atoms with E-state index in [0.717, 1.165) is 52.7 Å². The zero-order valence-electron chi connectivity index (χ0n) is 20.5. The highest BCUT2D eigenvalue weighted by Gasteiger charge is 2.51. The number of aromatic amines is 1. The van der Waals surface area contributed by atoms with Crippen molar-refractivity contribution in [3.05, 3.63) is 64.8 Å². The van der Waals surface area contributed by atoms with Gasteiger partial charge in [-0.1, -0.05) is 12.1 Å². The summed E-state index contributed by atoms with van der Waals surface area (Å²) >= 11 is 0. The van der Waals surface area contributed by atoms with Crippen molar-refractivity contribution >= 4 is 16.9 Å². The molecular formula is C28H33FN2O4. The number of rotatable bonds is 8. The van der Waals surface area contributed by atoms with E-state index in [4.69, 9.17) is 9.47 Å². The lowest BCUT2D eigenvalue weighted by molar-refractivity contribution is -0.0266. The molecule has 1 saturated carbocycles. The maximum atomic E-state index is 14.0. The molecule has 0 amide bonds. The Labute approximate surface area is 205 Å². The summed E-state index contributed by atoms with van der Waals surface area (Å²) in [5, 5.41) is 10.5. The van der Waals surface area contributed by atoms with E-state index in [1.807, 2.05) is 18.3 Å². The summed E-state index contributed by atoms with van der Waals surface area (Å²) in [6, 6.07) is 11.3. The number of hydrogen-bond donors (Lipinski definition) is 2. The SMILES string of the molecule is COc1cc(C)c2[nH]ccc2c1CN1CC[C@@H](OCC2CC2(C)F)C[C@@H]1c1ccc(C(=O)O)cc1. The lowest BCUT2D eigenvalue weighted by atomic mass is 9.91. The average molecular weight is 481 g/mol. The summed E-state index contributed by atoms with van der Waals surface area (Å²) < 4.78 is 26.0. The number of ether oxygens (including phenoxy) is 2. The summed E-state index contributed by atoms with van der Waals surface area (Å²) in [4.78, 5) is 17.1. The summed E-state index contributed by atoms with van der Waals surface area (Å²) in [5.74, 6) is -0.0763. The molecule has 2 aromatic carbocycles. The van der Waals surface area contributed by atoms with Crippen LogP contribution in [0.4, 0.5) is 4.39 Å². The number of H-pyrrole nitrogens is 1. The van der Waals surface area contributed by atoms with E-state index in [9.17, 15) is 14.3 Å². The van der Waals surface area contributed by atoms with Crippen molar-refractivity contribution in [1.82, 2.24) is 9.88 Å². The summed E-state index contributed by atoms with van der Waals surface area (Å²) in [6.45, 7) is 5.69. The highest BCUT2D eigenvalue weighted by molar-refractivity contribution is 5.88. The van der Waals surface area contributed by atoms with E-state index in [1.54, 1.807) is 26.2 Å². The molecule has 3 aromatic rings. The van der Waals surface area contributed by atoms with Gasteiger partial charge in [-0.05, 0) is 68.5 Å². The number of nitrogens with zero attached hydrogens (tertiary/aromatic N) is 1. The molecule has 2 N–H and O–H groups in total. The van der Waals surface area contributed by atoms with Gasteiger partial charge in [0, 0.05) is 47.7 Å². The minimum absolute atomic E-state index is 0.00692. The monoisotopic (exact) mass is 480 g/mol. The van der Waals surface area contributed by atoms with Gasteiger partial charge in [0.15, 0.2) is 0 Å². The van der Waals surface area contributed by atoms with Crippen LogP contribution in [0, 0.1) is 12.8 Å². The summed E-state index contributed by atoms with van der Waals surface area (Å²) in [7, 11) is 1.70. The van der Waals surface area contributed by atoms with Crippen LogP contribution < -0.4 is 4.74 Å². The Morgan fingerprint density at radius 3 is 2.69 bits per heavy atom. The Morgan fingerprint density at radius 2 is 2.03 bits per heavy atom. The number of halogens is 1. The molecule has 1 aliphatic heterocycles. The third-order valence-electron chi connectivity index (χ3n) is 7.77. The van der Waals surface area contributed by atoms with Crippen molar-refractivity contribution in [2.75, 3.05) is 20.3 Å². The molecule has 2 heterocycles. The zero-order chi connectivity index (χ0) is 24.7. The van der Waals surface area contributed by atoms with Crippen LogP contribution >= 0.6 is 0 Å². The number of carboxylic acids is 1. The number of alkyl halides is 1. The fourth-order valence-electron chi connectivity index (χ4n) is 5.41. The molecule has 0 radical (unpaired) electrons. The van der Waals surface area contributed by atoms with Crippen LogP contribution in [0.25, 0.3) is 10.9 Å². The predicted molar refractivity (Wildman–Crippen MR) is 133 cm³/mol. The van der Waals surface area contributed by atoms with E-state index in [2.05, 4.69) is 28.9 Å². The van der Waals surface area contributed by atoms with Gasteiger partial charge in [-0.3, -0.25) is 4.90 Å². The van der Waals surface area contributed by atoms with Crippen molar-refractivity contribution in [1.29, 1.82) is 0 Å². The maximum absolute atomic E-state index is 14.0. The molecule has 7 heteroatoms. The highest BCUT2D eigenvalue weighted by Crippen LogP contribution is 2.47. The number of methoxy groups -OCH3 is 1. The Balaban J connectivity index is 1.41. The normalized spacial score (nSPS) is 26.7. The molecule has 1 saturated heterocycles. The van der Waals surface area contributed by atoms with Crippen LogP contribution in [0.2, 0.25) is 0 Å². The molecular weight excluding hydrogens is 447 g/mol. The van der Waals surface area contributed by atoms with Crippen LogP contribution in [0.3, 0.4) is 0 Å². The van der Waals surface area contributed by atoms with Crippen molar-refractivity contribution in [2.24, 2.45) is 5.92 Å². The van der Waals surface area contributed by atoms with Gasteiger partial charge in [-0.2, -0.15) is 0 Å². The smallest absolute Gasteiger partial charge is 0.335 e. The number of piperidine rings is 1. The average Bonchev–Trinajstić information content (AvgIpc) is 3.20. The minimum atomic E-state index is -1.09. The second-order valence-corrected chi connectivity index (χ2v) is 10.2. The van der Waals surface area contributed by atoms with Gasteiger partial charge in [0.05, 0.1) is 25.4 Å². The Hall–Kier alpha value is -2.90. The van der Waals surface area contributed by atoms with Crippen LogP contribution in [0.15, 0.2) is 42.6 Å². The number of hydrogen-bond acceptors (Lipinski definition) is 4. The molecule has 186 valence electrons. The molecule has 0 bridgehead atoms. The lowest BCUT2D eigenvalue weighted by Crippen LogP contribution is -2.39. The third kappa shape index (κ3) is 4.80. The van der Waals surface area contributed by atoms with E-state index < -0.39 is 11.6 Å². The van der Waals surface area contributed by atoms with Gasteiger partial charge in [0.25, 0.3) is 0 Å². The minimum Gasteiger partial charge on any atom is -0.496 e. The molecule has 6 nitrogen and oxygen atoms in total. The molecule has 5 rings (SSSR count).